The lowest BCUT2D eigenvalue weighted by Gasteiger charge is -2.31. The number of nitrogens with zero attached hydrogens (tertiary/aromatic N) is 1. The highest BCUT2D eigenvalue weighted by Crippen LogP contribution is 2.26. The van der Waals surface area contributed by atoms with Crippen molar-refractivity contribution < 1.29 is 13.2 Å². The van der Waals surface area contributed by atoms with Crippen LogP contribution in [-0.2, 0) is 21.2 Å². The Morgan fingerprint density at radius 3 is 2.34 bits per heavy atom. The number of hydrogen-bond donors (Lipinski definition) is 1. The summed E-state index contributed by atoms with van der Waals surface area (Å²) in [5.41, 5.74) is 2.26. The second-order valence-corrected chi connectivity index (χ2v) is 9.72. The third-order valence-electron chi connectivity index (χ3n) is 5.59. The molecule has 2 aromatic rings. The molecule has 0 spiro atoms. The van der Waals surface area contributed by atoms with Gasteiger partial charge in [-0.3, -0.25) is 4.79 Å². The van der Waals surface area contributed by atoms with E-state index in [1.807, 2.05) is 37.3 Å². The van der Waals surface area contributed by atoms with E-state index in [2.05, 4.69) is 17.4 Å². The van der Waals surface area contributed by atoms with Crippen LogP contribution in [0.15, 0.2) is 59.5 Å². The van der Waals surface area contributed by atoms with Gasteiger partial charge in [-0.1, -0.05) is 48.0 Å². The summed E-state index contributed by atoms with van der Waals surface area (Å²) in [5.74, 6) is 0.481. The third kappa shape index (κ3) is 6.15. The van der Waals surface area contributed by atoms with Crippen LogP contribution in [-0.4, -0.2) is 38.3 Å². The molecule has 0 aliphatic carbocycles. The first-order valence-corrected chi connectivity index (χ1v) is 11.8. The Morgan fingerprint density at radius 1 is 1.03 bits per heavy atom. The zero-order valence-corrected chi connectivity index (χ0v) is 17.8. The maximum absolute atomic E-state index is 12.8. The zero-order chi connectivity index (χ0) is 20.7. The SMILES string of the molecule is Cc1ccc(S(=O)(=O)N2CCC(CCC(=O)NCCc3ccccc3)CC2)cc1. The van der Waals surface area contributed by atoms with Crippen LogP contribution in [0.25, 0.3) is 0 Å². The molecule has 0 bridgehead atoms. The first-order chi connectivity index (χ1) is 13.9. The van der Waals surface area contributed by atoms with E-state index in [0.717, 1.165) is 31.2 Å². The van der Waals surface area contributed by atoms with Gasteiger partial charge >= 0.3 is 0 Å². The monoisotopic (exact) mass is 414 g/mol. The van der Waals surface area contributed by atoms with Gasteiger partial charge < -0.3 is 5.32 Å². The Kier molecular flexibility index (Phi) is 7.45. The van der Waals surface area contributed by atoms with Gasteiger partial charge in [0.15, 0.2) is 0 Å². The Balaban J connectivity index is 1.38. The third-order valence-corrected chi connectivity index (χ3v) is 7.50. The van der Waals surface area contributed by atoms with Crippen molar-refractivity contribution in [2.24, 2.45) is 5.92 Å². The van der Waals surface area contributed by atoms with Crippen LogP contribution in [0, 0.1) is 12.8 Å². The number of amides is 1. The predicted octanol–water partition coefficient (Wildman–Crippen LogP) is 3.53. The van der Waals surface area contributed by atoms with Gasteiger partial charge in [-0.05, 0) is 56.2 Å². The van der Waals surface area contributed by atoms with Crippen LogP contribution >= 0.6 is 0 Å². The smallest absolute Gasteiger partial charge is 0.243 e. The number of benzene rings is 2. The van der Waals surface area contributed by atoms with Gasteiger partial charge in [0.2, 0.25) is 15.9 Å². The Morgan fingerprint density at radius 2 is 1.69 bits per heavy atom. The number of rotatable bonds is 8. The standard InChI is InChI=1S/C23H30N2O3S/c1-19-7-10-22(11-8-19)29(27,28)25-17-14-21(15-18-25)9-12-23(26)24-16-13-20-5-3-2-4-6-20/h2-8,10-11,21H,9,12-18H2,1H3,(H,24,26). The molecule has 1 aliphatic heterocycles. The van der Waals surface area contributed by atoms with Crippen LogP contribution < -0.4 is 5.32 Å². The summed E-state index contributed by atoms with van der Waals surface area (Å²) in [4.78, 5) is 12.5. The van der Waals surface area contributed by atoms with Crippen LogP contribution in [0.4, 0.5) is 0 Å². The first kappa shape index (κ1) is 21.5. The van der Waals surface area contributed by atoms with Gasteiger partial charge in [0.1, 0.15) is 0 Å². The minimum atomic E-state index is -3.42. The number of carbonyl (C=O) groups is 1. The molecule has 29 heavy (non-hydrogen) atoms. The van der Waals surface area contributed by atoms with Crippen LogP contribution in [0.5, 0.6) is 0 Å². The van der Waals surface area contributed by atoms with Crippen molar-refractivity contribution >= 4 is 15.9 Å². The number of hydrogen-bond acceptors (Lipinski definition) is 3. The Bertz CT molecular complexity index is 887. The fourth-order valence-corrected chi connectivity index (χ4v) is 5.18. The molecule has 0 unspecified atom stereocenters. The van der Waals surface area contributed by atoms with E-state index < -0.39 is 10.0 Å². The molecule has 0 saturated carbocycles. The van der Waals surface area contributed by atoms with Crippen LogP contribution in [0.3, 0.4) is 0 Å². The molecule has 1 heterocycles. The highest BCUT2D eigenvalue weighted by atomic mass is 32.2. The highest BCUT2D eigenvalue weighted by molar-refractivity contribution is 7.89. The molecule has 0 atom stereocenters. The average Bonchev–Trinajstić information content (AvgIpc) is 2.74. The van der Waals surface area contributed by atoms with Crippen molar-refractivity contribution in [2.45, 2.75) is 43.9 Å². The molecule has 1 amide bonds. The minimum Gasteiger partial charge on any atom is -0.356 e. The number of nitrogens with one attached hydrogen (secondary N) is 1. The summed E-state index contributed by atoms with van der Waals surface area (Å²) < 4.78 is 27.1. The molecule has 1 N–H and O–H groups in total. The van der Waals surface area contributed by atoms with Crippen molar-refractivity contribution in [3.63, 3.8) is 0 Å². The van der Waals surface area contributed by atoms with E-state index in [4.69, 9.17) is 0 Å². The zero-order valence-electron chi connectivity index (χ0n) is 17.0. The summed E-state index contributed by atoms with van der Waals surface area (Å²) in [6.07, 6.45) is 3.77. The topological polar surface area (TPSA) is 66.5 Å². The Hall–Kier alpha value is -2.18. The lowest BCUT2D eigenvalue weighted by atomic mass is 9.93. The molecule has 0 aromatic heterocycles. The molecular formula is C23H30N2O3S. The second-order valence-electron chi connectivity index (χ2n) is 7.78. The van der Waals surface area contributed by atoms with Gasteiger partial charge in [0.25, 0.3) is 0 Å². The fraction of sp³-hybridized carbons (Fsp3) is 0.435. The van der Waals surface area contributed by atoms with Crippen molar-refractivity contribution in [3.8, 4) is 0 Å². The lowest BCUT2D eigenvalue weighted by Crippen LogP contribution is -2.38. The van der Waals surface area contributed by atoms with E-state index >= 15 is 0 Å². The molecule has 6 heteroatoms. The van der Waals surface area contributed by atoms with Gasteiger partial charge in [-0.15, -0.1) is 0 Å². The van der Waals surface area contributed by atoms with Crippen LogP contribution in [0.2, 0.25) is 0 Å². The minimum absolute atomic E-state index is 0.0793. The average molecular weight is 415 g/mol. The van der Waals surface area contributed by atoms with Gasteiger partial charge in [-0.25, -0.2) is 8.42 Å². The summed E-state index contributed by atoms with van der Waals surface area (Å²) >= 11 is 0. The number of carbonyl (C=O) groups excluding carboxylic acids is 1. The maximum Gasteiger partial charge on any atom is 0.243 e. The van der Waals surface area contributed by atoms with Gasteiger partial charge in [0, 0.05) is 26.1 Å². The normalized spacial score (nSPS) is 15.9. The second kappa shape index (κ2) is 10.0. The predicted molar refractivity (Wildman–Crippen MR) is 115 cm³/mol. The Labute approximate surface area is 174 Å². The summed E-state index contributed by atoms with van der Waals surface area (Å²) in [5, 5.41) is 2.98. The van der Waals surface area contributed by atoms with Gasteiger partial charge in [-0.2, -0.15) is 4.31 Å². The van der Waals surface area contributed by atoms with E-state index in [1.165, 1.54) is 5.56 Å². The summed E-state index contributed by atoms with van der Waals surface area (Å²) in [7, 11) is -3.42. The van der Waals surface area contributed by atoms with Gasteiger partial charge in [0.05, 0.1) is 4.90 Å². The van der Waals surface area contributed by atoms with Crippen molar-refractivity contribution in [3.05, 3.63) is 65.7 Å². The highest BCUT2D eigenvalue weighted by Gasteiger charge is 2.29. The molecule has 156 valence electrons. The molecule has 5 nitrogen and oxygen atoms in total. The molecule has 1 saturated heterocycles. The molecule has 0 radical (unpaired) electrons. The number of piperidine rings is 1. The summed E-state index contributed by atoms with van der Waals surface area (Å²) in [6, 6.07) is 17.1. The molecule has 2 aromatic carbocycles. The van der Waals surface area contributed by atoms with Crippen molar-refractivity contribution in [2.75, 3.05) is 19.6 Å². The van der Waals surface area contributed by atoms with Crippen LogP contribution in [0.1, 0.15) is 36.8 Å². The lowest BCUT2D eigenvalue weighted by molar-refractivity contribution is -0.121. The molecule has 3 rings (SSSR count). The van der Waals surface area contributed by atoms with E-state index in [9.17, 15) is 13.2 Å². The van der Waals surface area contributed by atoms with Crippen molar-refractivity contribution in [1.82, 2.24) is 9.62 Å². The van der Waals surface area contributed by atoms with E-state index in [1.54, 1.807) is 16.4 Å². The quantitative estimate of drug-likeness (QED) is 0.719. The fourth-order valence-electron chi connectivity index (χ4n) is 3.71. The summed E-state index contributed by atoms with van der Waals surface area (Å²) in [6.45, 7) is 3.64. The molecule has 1 fully saturated rings. The van der Waals surface area contributed by atoms with Crippen molar-refractivity contribution in [1.29, 1.82) is 0 Å². The molecular weight excluding hydrogens is 384 g/mol. The largest absolute Gasteiger partial charge is 0.356 e. The molecule has 1 aliphatic rings. The first-order valence-electron chi connectivity index (χ1n) is 10.3. The number of aryl methyl sites for hydroxylation is 1. The number of sulfonamides is 1. The van der Waals surface area contributed by atoms with E-state index in [0.29, 0.717) is 36.9 Å². The van der Waals surface area contributed by atoms with E-state index in [-0.39, 0.29) is 5.91 Å². The maximum atomic E-state index is 12.8.